The van der Waals surface area contributed by atoms with E-state index in [9.17, 15) is 13.2 Å². The Bertz CT molecular complexity index is 327. The van der Waals surface area contributed by atoms with E-state index in [1.165, 1.54) is 12.3 Å². The fraction of sp³-hybridized carbons (Fsp3) is 0.286. The molecule has 1 rings (SSSR count). The first kappa shape index (κ1) is 10.6. The van der Waals surface area contributed by atoms with Crippen molar-refractivity contribution in [3.63, 3.8) is 0 Å². The van der Waals surface area contributed by atoms with Crippen molar-refractivity contribution >= 4 is 5.82 Å². The molecule has 7 heteroatoms. The molecular formula is C7H7F3N2O2. The Hall–Kier alpha value is -1.50. The predicted molar refractivity (Wildman–Crippen MR) is 41.3 cm³/mol. The van der Waals surface area contributed by atoms with Gasteiger partial charge in [0.1, 0.15) is 0 Å². The van der Waals surface area contributed by atoms with Crippen molar-refractivity contribution in [3.05, 3.63) is 17.8 Å². The monoisotopic (exact) mass is 208 g/mol. The van der Waals surface area contributed by atoms with Gasteiger partial charge in [-0.05, 0) is 6.07 Å². The lowest BCUT2D eigenvalue weighted by atomic mass is 10.2. The molecule has 3 N–H and O–H groups in total. The minimum atomic E-state index is -4.85. The van der Waals surface area contributed by atoms with Crippen molar-refractivity contribution in [2.75, 3.05) is 5.73 Å². The van der Waals surface area contributed by atoms with E-state index in [2.05, 4.69) is 9.72 Å². The molecule has 1 aromatic heterocycles. The fourth-order valence-electron chi connectivity index (χ4n) is 0.864. The second kappa shape index (κ2) is 3.70. The summed E-state index contributed by atoms with van der Waals surface area (Å²) in [6, 6.07) is 1.19. The maximum atomic E-state index is 11.9. The minimum absolute atomic E-state index is 0.0603. The summed E-state index contributed by atoms with van der Waals surface area (Å²) in [5.41, 5.74) is 5.10. The molecule has 0 saturated carbocycles. The van der Waals surface area contributed by atoms with Gasteiger partial charge in [0.15, 0.2) is 11.6 Å². The molecule has 14 heavy (non-hydrogen) atoms. The molecule has 0 bridgehead atoms. The number of hydrogen-bond acceptors (Lipinski definition) is 4. The standard InChI is InChI=1S/C7H7F3N2O2/c8-7(9,10)14-5-4(3-13)1-2-12-6(5)11/h1-2,13H,3H2,(H2,11,12). The van der Waals surface area contributed by atoms with Crippen LogP contribution >= 0.6 is 0 Å². The zero-order valence-electron chi connectivity index (χ0n) is 6.88. The van der Waals surface area contributed by atoms with E-state index in [0.29, 0.717) is 0 Å². The van der Waals surface area contributed by atoms with E-state index in [0.717, 1.165) is 0 Å². The predicted octanol–water partition coefficient (Wildman–Crippen LogP) is 1.05. The van der Waals surface area contributed by atoms with E-state index in [4.69, 9.17) is 10.8 Å². The Labute approximate surface area is 77.1 Å². The molecule has 0 radical (unpaired) electrons. The molecule has 0 fully saturated rings. The number of ether oxygens (including phenoxy) is 1. The van der Waals surface area contributed by atoms with Crippen LogP contribution in [0.1, 0.15) is 5.56 Å². The topological polar surface area (TPSA) is 68.4 Å². The molecule has 0 saturated heterocycles. The molecule has 0 aliphatic heterocycles. The fourth-order valence-corrected chi connectivity index (χ4v) is 0.864. The normalized spacial score (nSPS) is 11.4. The van der Waals surface area contributed by atoms with Crippen LogP contribution in [0.15, 0.2) is 12.3 Å². The third kappa shape index (κ3) is 2.49. The lowest BCUT2D eigenvalue weighted by Crippen LogP contribution is -2.19. The van der Waals surface area contributed by atoms with Crippen LogP contribution in [0.5, 0.6) is 5.75 Å². The highest BCUT2D eigenvalue weighted by Crippen LogP contribution is 2.30. The van der Waals surface area contributed by atoms with Gasteiger partial charge in [-0.25, -0.2) is 4.98 Å². The van der Waals surface area contributed by atoms with E-state index in [1.54, 1.807) is 0 Å². The zero-order chi connectivity index (χ0) is 10.8. The summed E-state index contributed by atoms with van der Waals surface area (Å²) >= 11 is 0. The number of rotatable bonds is 2. The quantitative estimate of drug-likeness (QED) is 0.762. The molecule has 0 amide bonds. The molecule has 0 aromatic carbocycles. The zero-order valence-corrected chi connectivity index (χ0v) is 6.88. The van der Waals surface area contributed by atoms with Crippen molar-refractivity contribution in [2.45, 2.75) is 13.0 Å². The summed E-state index contributed by atoms with van der Waals surface area (Å²) < 4.78 is 39.2. The number of nitrogen functional groups attached to an aromatic ring is 1. The number of aliphatic hydroxyl groups excluding tert-OH is 1. The third-order valence-corrected chi connectivity index (χ3v) is 1.40. The Morgan fingerprint density at radius 3 is 2.64 bits per heavy atom. The van der Waals surface area contributed by atoms with E-state index < -0.39 is 24.5 Å². The minimum Gasteiger partial charge on any atom is -0.401 e. The van der Waals surface area contributed by atoms with Gasteiger partial charge in [0.25, 0.3) is 0 Å². The summed E-state index contributed by atoms with van der Waals surface area (Å²) in [5, 5.41) is 8.71. The van der Waals surface area contributed by atoms with Crippen LogP contribution in [-0.2, 0) is 6.61 Å². The SMILES string of the molecule is Nc1nccc(CO)c1OC(F)(F)F. The smallest absolute Gasteiger partial charge is 0.401 e. The van der Waals surface area contributed by atoms with Crippen molar-refractivity contribution in [3.8, 4) is 5.75 Å². The number of alkyl halides is 3. The summed E-state index contributed by atoms with van der Waals surface area (Å²) in [7, 11) is 0. The van der Waals surface area contributed by atoms with Crippen molar-refractivity contribution in [1.82, 2.24) is 4.98 Å². The first-order valence-electron chi connectivity index (χ1n) is 3.54. The third-order valence-electron chi connectivity index (χ3n) is 1.40. The van der Waals surface area contributed by atoms with Gasteiger partial charge in [0.05, 0.1) is 6.61 Å². The van der Waals surface area contributed by atoms with Crippen LogP contribution in [0.25, 0.3) is 0 Å². The molecule has 0 aliphatic carbocycles. The summed E-state index contributed by atoms with van der Waals surface area (Å²) in [6.45, 7) is -0.599. The Balaban J connectivity index is 3.05. The van der Waals surface area contributed by atoms with Gasteiger partial charge in [-0.2, -0.15) is 0 Å². The Kier molecular flexibility index (Phi) is 2.80. The number of aliphatic hydroxyl groups is 1. The van der Waals surface area contributed by atoms with Gasteiger partial charge in [-0.3, -0.25) is 0 Å². The number of aromatic nitrogens is 1. The highest BCUT2D eigenvalue weighted by atomic mass is 19.4. The van der Waals surface area contributed by atoms with Gasteiger partial charge in [-0.15, -0.1) is 13.2 Å². The number of nitrogens with zero attached hydrogens (tertiary/aromatic N) is 1. The largest absolute Gasteiger partial charge is 0.573 e. The number of nitrogens with two attached hydrogens (primary N) is 1. The second-order valence-corrected chi connectivity index (χ2v) is 2.39. The maximum absolute atomic E-state index is 11.9. The molecule has 0 spiro atoms. The molecule has 78 valence electrons. The van der Waals surface area contributed by atoms with Crippen LogP contribution in [-0.4, -0.2) is 16.5 Å². The first-order valence-corrected chi connectivity index (χ1v) is 3.54. The molecule has 0 unspecified atom stereocenters. The van der Waals surface area contributed by atoms with Crippen LogP contribution in [0.3, 0.4) is 0 Å². The summed E-state index contributed by atoms with van der Waals surface area (Å²) in [4.78, 5) is 3.41. The highest BCUT2D eigenvalue weighted by molar-refractivity contribution is 5.50. The highest BCUT2D eigenvalue weighted by Gasteiger charge is 2.33. The summed E-state index contributed by atoms with van der Waals surface area (Å²) in [6.07, 6.45) is -3.66. The Morgan fingerprint density at radius 1 is 1.50 bits per heavy atom. The molecule has 1 aromatic rings. The van der Waals surface area contributed by atoms with Gasteiger partial charge in [0, 0.05) is 11.8 Å². The average molecular weight is 208 g/mol. The number of hydrogen-bond donors (Lipinski definition) is 2. The van der Waals surface area contributed by atoms with E-state index >= 15 is 0 Å². The van der Waals surface area contributed by atoms with Crippen LogP contribution in [0.2, 0.25) is 0 Å². The van der Waals surface area contributed by atoms with Gasteiger partial charge >= 0.3 is 6.36 Å². The van der Waals surface area contributed by atoms with Crippen LogP contribution < -0.4 is 10.5 Å². The van der Waals surface area contributed by atoms with Gasteiger partial charge in [-0.1, -0.05) is 0 Å². The van der Waals surface area contributed by atoms with E-state index in [1.807, 2.05) is 0 Å². The number of pyridine rings is 1. The van der Waals surface area contributed by atoms with Crippen molar-refractivity contribution < 1.29 is 23.0 Å². The Morgan fingerprint density at radius 2 is 2.14 bits per heavy atom. The average Bonchev–Trinajstić information content (AvgIpc) is 2.06. The molecule has 0 atom stereocenters. The van der Waals surface area contributed by atoms with Crippen molar-refractivity contribution in [1.29, 1.82) is 0 Å². The lowest BCUT2D eigenvalue weighted by molar-refractivity contribution is -0.274. The van der Waals surface area contributed by atoms with Crippen molar-refractivity contribution in [2.24, 2.45) is 0 Å². The summed E-state index contributed by atoms with van der Waals surface area (Å²) in [5.74, 6) is -1.06. The maximum Gasteiger partial charge on any atom is 0.573 e. The second-order valence-electron chi connectivity index (χ2n) is 2.39. The molecule has 4 nitrogen and oxygen atoms in total. The molecular weight excluding hydrogens is 201 g/mol. The first-order chi connectivity index (χ1) is 6.44. The van der Waals surface area contributed by atoms with E-state index in [-0.39, 0.29) is 5.56 Å². The number of anilines is 1. The van der Waals surface area contributed by atoms with Gasteiger partial charge in [0.2, 0.25) is 0 Å². The molecule has 1 heterocycles. The molecule has 0 aliphatic rings. The van der Waals surface area contributed by atoms with Crippen LogP contribution in [0.4, 0.5) is 19.0 Å². The number of halogens is 3. The van der Waals surface area contributed by atoms with Crippen LogP contribution in [0, 0.1) is 0 Å². The lowest BCUT2D eigenvalue weighted by Gasteiger charge is -2.12. The van der Waals surface area contributed by atoms with Gasteiger partial charge < -0.3 is 15.6 Å².